The van der Waals surface area contributed by atoms with Crippen molar-refractivity contribution in [3.8, 4) is 5.75 Å². The first kappa shape index (κ1) is 23.7. The van der Waals surface area contributed by atoms with E-state index in [0.717, 1.165) is 46.7 Å². The van der Waals surface area contributed by atoms with Gasteiger partial charge in [-0.25, -0.2) is 4.79 Å². The number of rotatable bonds is 9. The van der Waals surface area contributed by atoms with Gasteiger partial charge in [0.05, 0.1) is 0 Å². The van der Waals surface area contributed by atoms with Gasteiger partial charge in [0, 0.05) is 12.5 Å². The summed E-state index contributed by atoms with van der Waals surface area (Å²) in [5, 5.41) is 8.88. The Morgan fingerprint density at radius 3 is 1.97 bits per heavy atom. The van der Waals surface area contributed by atoms with Crippen LogP contribution in [0.15, 0.2) is 84.9 Å². The van der Waals surface area contributed by atoms with Crippen LogP contribution in [-0.2, 0) is 9.59 Å². The summed E-state index contributed by atoms with van der Waals surface area (Å²) in [6.07, 6.45) is 4.67. The summed E-state index contributed by atoms with van der Waals surface area (Å²) in [5.41, 5.74) is 6.28. The summed E-state index contributed by atoms with van der Waals surface area (Å²) in [6, 6.07) is 25.7. The molecule has 4 heteroatoms. The van der Waals surface area contributed by atoms with Crippen molar-refractivity contribution in [2.45, 2.75) is 33.1 Å². The molecule has 3 aromatic rings. The maximum absolute atomic E-state index is 11.8. The molecule has 168 valence electrons. The zero-order valence-corrected chi connectivity index (χ0v) is 19.0. The number of allylic oxidation sites excluding steroid dienone is 1. The fourth-order valence-electron chi connectivity index (χ4n) is 3.68. The maximum Gasteiger partial charge on any atom is 0.328 e. The van der Waals surface area contributed by atoms with Crippen LogP contribution in [0.25, 0.3) is 17.2 Å². The Balaban J connectivity index is 2.06. The number of ether oxygens (including phenoxy) is 1. The van der Waals surface area contributed by atoms with Crippen molar-refractivity contribution >= 4 is 29.2 Å². The lowest BCUT2D eigenvalue weighted by Crippen LogP contribution is -2.06. The zero-order chi connectivity index (χ0) is 23.6. The van der Waals surface area contributed by atoms with E-state index in [2.05, 4.69) is 19.1 Å². The van der Waals surface area contributed by atoms with Gasteiger partial charge in [-0.2, -0.15) is 0 Å². The summed E-state index contributed by atoms with van der Waals surface area (Å²) in [5.74, 6) is -0.676. The molecule has 0 aliphatic heterocycles. The Morgan fingerprint density at radius 1 is 0.818 bits per heavy atom. The first-order valence-electron chi connectivity index (χ1n) is 11.1. The van der Waals surface area contributed by atoms with Crippen LogP contribution in [0.3, 0.4) is 0 Å². The van der Waals surface area contributed by atoms with Crippen LogP contribution in [0.5, 0.6) is 5.75 Å². The second-order valence-electron chi connectivity index (χ2n) is 7.62. The third-order valence-corrected chi connectivity index (χ3v) is 5.22. The third kappa shape index (κ3) is 6.53. The molecule has 0 unspecified atom stereocenters. The highest BCUT2D eigenvalue weighted by atomic mass is 16.5. The molecule has 0 amide bonds. The molecule has 0 heterocycles. The SMILES string of the molecule is CCCC(=O)Oc1ccc(/C(=C(/CC)c2ccccc2)c2ccc(/C=C/C(=O)O)cc2)cc1. The van der Waals surface area contributed by atoms with Gasteiger partial charge in [-0.15, -0.1) is 0 Å². The van der Waals surface area contributed by atoms with Crippen LogP contribution >= 0.6 is 0 Å². The van der Waals surface area contributed by atoms with Crippen LogP contribution in [0.1, 0.15) is 55.4 Å². The first-order valence-corrected chi connectivity index (χ1v) is 11.1. The Morgan fingerprint density at radius 2 is 1.42 bits per heavy atom. The maximum atomic E-state index is 11.8. The second kappa shape index (κ2) is 11.6. The lowest BCUT2D eigenvalue weighted by atomic mass is 9.88. The number of hydrogen-bond acceptors (Lipinski definition) is 3. The zero-order valence-electron chi connectivity index (χ0n) is 19.0. The number of benzene rings is 3. The molecule has 3 aromatic carbocycles. The molecule has 33 heavy (non-hydrogen) atoms. The summed E-state index contributed by atoms with van der Waals surface area (Å²) in [7, 11) is 0. The van der Waals surface area contributed by atoms with Gasteiger partial charge in [0.25, 0.3) is 0 Å². The Hall–Kier alpha value is -3.92. The highest BCUT2D eigenvalue weighted by molar-refractivity contribution is 5.98. The van der Waals surface area contributed by atoms with Crippen molar-refractivity contribution in [3.63, 3.8) is 0 Å². The molecule has 0 aromatic heterocycles. The van der Waals surface area contributed by atoms with E-state index in [0.29, 0.717) is 12.2 Å². The van der Waals surface area contributed by atoms with Gasteiger partial charge in [-0.1, -0.05) is 80.6 Å². The fraction of sp³-hybridized carbons (Fsp3) is 0.172. The standard InChI is InChI=1S/C29H28O4/c1-3-8-28(32)33-25-18-16-24(17-19-25)29(26(4-2)22-9-6-5-7-10-22)23-14-11-21(12-15-23)13-20-27(30)31/h5-7,9-20H,3-4,8H2,1-2H3,(H,30,31)/b20-13+,29-26-. The summed E-state index contributed by atoms with van der Waals surface area (Å²) in [4.78, 5) is 22.7. The van der Waals surface area contributed by atoms with Crippen LogP contribution < -0.4 is 4.74 Å². The molecule has 0 fully saturated rings. The molecule has 0 radical (unpaired) electrons. The van der Waals surface area contributed by atoms with Crippen molar-refractivity contribution in [1.82, 2.24) is 0 Å². The monoisotopic (exact) mass is 440 g/mol. The predicted octanol–water partition coefficient (Wildman–Crippen LogP) is 6.86. The smallest absolute Gasteiger partial charge is 0.328 e. The first-order chi connectivity index (χ1) is 16.0. The third-order valence-electron chi connectivity index (χ3n) is 5.22. The second-order valence-corrected chi connectivity index (χ2v) is 7.62. The van der Waals surface area contributed by atoms with E-state index >= 15 is 0 Å². The average Bonchev–Trinajstić information content (AvgIpc) is 2.83. The highest BCUT2D eigenvalue weighted by Crippen LogP contribution is 2.35. The molecule has 0 saturated heterocycles. The van der Waals surface area contributed by atoms with Crippen molar-refractivity contribution in [1.29, 1.82) is 0 Å². The lowest BCUT2D eigenvalue weighted by molar-refractivity contribution is -0.134. The molecule has 4 nitrogen and oxygen atoms in total. The van der Waals surface area contributed by atoms with E-state index in [-0.39, 0.29) is 5.97 Å². The molecule has 3 rings (SSSR count). The van der Waals surface area contributed by atoms with E-state index in [4.69, 9.17) is 9.84 Å². The van der Waals surface area contributed by atoms with Crippen LogP contribution in [-0.4, -0.2) is 17.0 Å². The van der Waals surface area contributed by atoms with Gasteiger partial charge in [0.15, 0.2) is 0 Å². The minimum atomic E-state index is -0.975. The number of esters is 1. The number of carbonyl (C=O) groups is 2. The molecule has 0 aliphatic rings. The van der Waals surface area contributed by atoms with Crippen molar-refractivity contribution in [2.75, 3.05) is 0 Å². The normalized spacial score (nSPS) is 11.8. The van der Waals surface area contributed by atoms with Gasteiger partial charge >= 0.3 is 11.9 Å². The minimum Gasteiger partial charge on any atom is -0.478 e. The number of carboxylic acid groups (broad SMARTS) is 1. The van der Waals surface area contributed by atoms with Gasteiger partial charge in [-0.05, 0) is 64.5 Å². The van der Waals surface area contributed by atoms with Gasteiger partial charge in [0.1, 0.15) is 5.75 Å². The molecule has 0 spiro atoms. The Labute approximate surface area is 194 Å². The largest absolute Gasteiger partial charge is 0.478 e. The molecule has 0 saturated carbocycles. The number of carboxylic acids is 1. The lowest BCUT2D eigenvalue weighted by Gasteiger charge is -2.17. The van der Waals surface area contributed by atoms with E-state index in [1.54, 1.807) is 6.08 Å². The van der Waals surface area contributed by atoms with E-state index in [9.17, 15) is 9.59 Å². The Kier molecular flexibility index (Phi) is 8.36. The topological polar surface area (TPSA) is 63.6 Å². The summed E-state index contributed by atoms with van der Waals surface area (Å²) < 4.78 is 5.42. The summed E-state index contributed by atoms with van der Waals surface area (Å²) >= 11 is 0. The average molecular weight is 441 g/mol. The van der Waals surface area contributed by atoms with Crippen molar-refractivity contribution in [3.05, 3.63) is 107 Å². The molecule has 0 atom stereocenters. The van der Waals surface area contributed by atoms with Crippen molar-refractivity contribution in [2.24, 2.45) is 0 Å². The Bertz CT molecular complexity index is 1140. The van der Waals surface area contributed by atoms with Gasteiger partial charge in [0.2, 0.25) is 0 Å². The predicted molar refractivity (Wildman–Crippen MR) is 133 cm³/mol. The molecule has 1 N–H and O–H groups in total. The highest BCUT2D eigenvalue weighted by Gasteiger charge is 2.14. The van der Waals surface area contributed by atoms with E-state index in [1.807, 2.05) is 73.7 Å². The molecular weight excluding hydrogens is 412 g/mol. The summed E-state index contributed by atoms with van der Waals surface area (Å²) in [6.45, 7) is 4.08. The fourth-order valence-corrected chi connectivity index (χ4v) is 3.68. The van der Waals surface area contributed by atoms with Crippen LogP contribution in [0.4, 0.5) is 0 Å². The molecule has 0 aliphatic carbocycles. The van der Waals surface area contributed by atoms with Gasteiger partial charge < -0.3 is 9.84 Å². The van der Waals surface area contributed by atoms with E-state index < -0.39 is 5.97 Å². The molecular formula is C29H28O4. The van der Waals surface area contributed by atoms with E-state index in [1.165, 1.54) is 5.57 Å². The van der Waals surface area contributed by atoms with Gasteiger partial charge in [-0.3, -0.25) is 4.79 Å². The van der Waals surface area contributed by atoms with Crippen LogP contribution in [0.2, 0.25) is 0 Å². The van der Waals surface area contributed by atoms with Crippen molar-refractivity contribution < 1.29 is 19.4 Å². The number of carbonyl (C=O) groups excluding carboxylic acids is 1. The minimum absolute atomic E-state index is 0.232. The molecule has 0 bridgehead atoms. The van der Waals surface area contributed by atoms with Crippen LogP contribution in [0, 0.1) is 0 Å². The quantitative estimate of drug-likeness (QED) is 0.171. The number of aliphatic carboxylic acids is 1. The number of hydrogen-bond donors (Lipinski definition) is 1.